The van der Waals surface area contributed by atoms with E-state index in [1.165, 1.54) is 12.2 Å². The molecular formula is C13H22N2O8P2S. The van der Waals surface area contributed by atoms with Crippen LogP contribution < -0.4 is 5.32 Å². The zero-order valence-corrected chi connectivity index (χ0v) is 16.5. The highest BCUT2D eigenvalue weighted by Gasteiger charge is 2.58. The number of rotatable bonds is 11. The molecule has 0 aliphatic heterocycles. The summed E-state index contributed by atoms with van der Waals surface area (Å²) in [6, 6.07) is 0. The standard InChI is InChI=1S/C13H22N2O8P2S/c1-3-11(6-5-10(2)26-9-14)12(16)15-8-4-7-13(17,24(18,19)20)25(21,22)23/h3,5-6,12,15-17H,2,4,7-8H2,1H3,(H2,18,19,20)(H2,21,22,23)/b6-5-,11-3+. The van der Waals surface area contributed by atoms with Crippen LogP contribution >= 0.6 is 27.0 Å². The topological polar surface area (TPSA) is 191 Å². The molecule has 0 aromatic rings. The summed E-state index contributed by atoms with van der Waals surface area (Å²) >= 11 is 0.844. The average molecular weight is 428 g/mol. The molecule has 0 rings (SSSR count). The Morgan fingerprint density at radius 1 is 1.31 bits per heavy atom. The van der Waals surface area contributed by atoms with Crippen LogP contribution in [0.5, 0.6) is 0 Å². The van der Waals surface area contributed by atoms with Gasteiger partial charge in [-0.05, 0) is 43.3 Å². The minimum atomic E-state index is -5.49. The Balaban J connectivity index is 4.77. The van der Waals surface area contributed by atoms with E-state index in [9.17, 15) is 19.3 Å². The summed E-state index contributed by atoms with van der Waals surface area (Å²) in [4.78, 5) is 36.5. The molecule has 0 bridgehead atoms. The zero-order valence-electron chi connectivity index (χ0n) is 13.9. The lowest BCUT2D eigenvalue weighted by atomic mass is 10.2. The van der Waals surface area contributed by atoms with E-state index in [0.717, 1.165) is 11.8 Å². The molecular weight excluding hydrogens is 406 g/mol. The minimum Gasteiger partial charge on any atom is -0.374 e. The lowest BCUT2D eigenvalue weighted by Crippen LogP contribution is -2.33. The highest BCUT2D eigenvalue weighted by molar-refractivity contribution is 8.07. The van der Waals surface area contributed by atoms with Crippen LogP contribution in [0.1, 0.15) is 19.8 Å². The number of thioether (sulfide) groups is 1. The average Bonchev–Trinajstić information content (AvgIpc) is 2.49. The fourth-order valence-corrected chi connectivity index (χ4v) is 4.28. The van der Waals surface area contributed by atoms with Crippen LogP contribution in [0.2, 0.25) is 0 Å². The van der Waals surface area contributed by atoms with Crippen LogP contribution in [0.15, 0.2) is 35.3 Å². The molecule has 0 aliphatic carbocycles. The van der Waals surface area contributed by atoms with Crippen molar-refractivity contribution in [2.75, 3.05) is 6.54 Å². The van der Waals surface area contributed by atoms with Gasteiger partial charge in [0.2, 0.25) is 0 Å². The highest BCUT2D eigenvalue weighted by atomic mass is 32.2. The number of aliphatic hydroxyl groups is 2. The van der Waals surface area contributed by atoms with Gasteiger partial charge in [-0.25, -0.2) is 0 Å². The maximum absolute atomic E-state index is 11.2. The Labute approximate surface area is 155 Å². The number of hydrogen-bond acceptors (Lipinski definition) is 7. The molecule has 1 atom stereocenters. The fraction of sp³-hybridized carbons (Fsp3) is 0.462. The Morgan fingerprint density at radius 3 is 2.27 bits per heavy atom. The monoisotopic (exact) mass is 428 g/mol. The van der Waals surface area contributed by atoms with Crippen molar-refractivity contribution in [2.24, 2.45) is 0 Å². The Hall–Kier alpha value is -0.760. The van der Waals surface area contributed by atoms with Crippen LogP contribution in [0.3, 0.4) is 0 Å². The Kier molecular flexibility index (Phi) is 10.2. The predicted octanol–water partition coefficient (Wildman–Crippen LogP) is 0.907. The van der Waals surface area contributed by atoms with E-state index >= 15 is 0 Å². The molecule has 7 N–H and O–H groups in total. The second-order valence-corrected chi connectivity index (χ2v) is 10.0. The van der Waals surface area contributed by atoms with E-state index in [-0.39, 0.29) is 13.0 Å². The van der Waals surface area contributed by atoms with Crippen LogP contribution in [0.25, 0.3) is 0 Å². The highest BCUT2D eigenvalue weighted by Crippen LogP contribution is 2.69. The first-order chi connectivity index (χ1) is 11.8. The molecule has 0 heterocycles. The maximum Gasteiger partial charge on any atom is 0.369 e. The van der Waals surface area contributed by atoms with E-state index in [1.807, 2.05) is 5.40 Å². The first kappa shape index (κ1) is 25.2. The second-order valence-electron chi connectivity index (χ2n) is 5.10. The van der Waals surface area contributed by atoms with Crippen molar-refractivity contribution in [3.8, 4) is 5.40 Å². The van der Waals surface area contributed by atoms with Gasteiger partial charge in [0.15, 0.2) is 0 Å². The van der Waals surface area contributed by atoms with Gasteiger partial charge < -0.3 is 29.8 Å². The Bertz CT molecular complexity index is 669. The van der Waals surface area contributed by atoms with E-state index in [4.69, 9.17) is 24.8 Å². The predicted molar refractivity (Wildman–Crippen MR) is 97.5 cm³/mol. The summed E-state index contributed by atoms with van der Waals surface area (Å²) in [6.07, 6.45) is 2.29. The van der Waals surface area contributed by atoms with Gasteiger partial charge in [-0.1, -0.05) is 18.7 Å². The molecule has 0 aromatic carbocycles. The number of thiocyanates is 1. The molecule has 0 saturated carbocycles. The van der Waals surface area contributed by atoms with Crippen LogP contribution in [0.4, 0.5) is 0 Å². The van der Waals surface area contributed by atoms with Gasteiger partial charge >= 0.3 is 15.2 Å². The van der Waals surface area contributed by atoms with Crippen molar-refractivity contribution in [3.63, 3.8) is 0 Å². The van der Waals surface area contributed by atoms with Gasteiger partial charge in [-0.15, -0.1) is 0 Å². The van der Waals surface area contributed by atoms with Gasteiger partial charge in [0.25, 0.3) is 5.08 Å². The summed E-state index contributed by atoms with van der Waals surface area (Å²) in [5, 5.41) is 29.2. The van der Waals surface area contributed by atoms with Crippen molar-refractivity contribution in [2.45, 2.75) is 31.1 Å². The molecule has 26 heavy (non-hydrogen) atoms. The van der Waals surface area contributed by atoms with Gasteiger partial charge in [0.05, 0.1) is 0 Å². The van der Waals surface area contributed by atoms with E-state index in [1.54, 1.807) is 13.0 Å². The van der Waals surface area contributed by atoms with Gasteiger partial charge in [0, 0.05) is 11.3 Å². The number of aliphatic hydroxyl groups excluding tert-OH is 1. The largest absolute Gasteiger partial charge is 0.374 e. The van der Waals surface area contributed by atoms with Gasteiger partial charge in [0.1, 0.15) is 11.6 Å². The maximum atomic E-state index is 11.2. The summed E-state index contributed by atoms with van der Waals surface area (Å²) in [7, 11) is -11.0. The number of hydrogen-bond donors (Lipinski definition) is 7. The molecule has 0 saturated heterocycles. The van der Waals surface area contributed by atoms with Crippen LogP contribution in [0, 0.1) is 10.7 Å². The molecule has 10 nitrogen and oxygen atoms in total. The number of nitrogens with one attached hydrogen (secondary N) is 1. The second kappa shape index (κ2) is 10.5. The van der Waals surface area contributed by atoms with Crippen molar-refractivity contribution in [3.05, 3.63) is 35.3 Å². The summed E-state index contributed by atoms with van der Waals surface area (Å²) in [5.41, 5.74) is 0.407. The van der Waals surface area contributed by atoms with Gasteiger partial charge in [-0.2, -0.15) is 5.26 Å². The van der Waals surface area contributed by atoms with E-state index in [0.29, 0.717) is 10.5 Å². The third-order valence-electron chi connectivity index (χ3n) is 3.25. The zero-order chi connectivity index (χ0) is 20.6. The van der Waals surface area contributed by atoms with E-state index in [2.05, 4.69) is 11.9 Å². The molecule has 0 aliphatic rings. The molecule has 148 valence electrons. The lowest BCUT2D eigenvalue weighted by Gasteiger charge is -2.29. The number of nitrogens with zero attached hydrogens (tertiary/aromatic N) is 1. The third-order valence-corrected chi connectivity index (χ3v) is 7.61. The van der Waals surface area contributed by atoms with Gasteiger partial charge in [-0.3, -0.25) is 14.4 Å². The molecule has 0 fully saturated rings. The quantitative estimate of drug-likeness (QED) is 0.0813. The fourth-order valence-electron chi connectivity index (χ4n) is 1.77. The molecule has 0 amide bonds. The molecule has 0 spiro atoms. The van der Waals surface area contributed by atoms with Crippen LogP contribution in [-0.4, -0.2) is 47.6 Å². The first-order valence-electron chi connectivity index (χ1n) is 7.14. The number of allylic oxidation sites excluding steroid dienone is 2. The summed E-state index contributed by atoms with van der Waals surface area (Å²) in [5.74, 6) is 0. The smallest absolute Gasteiger partial charge is 0.369 e. The third kappa shape index (κ3) is 7.47. The Morgan fingerprint density at radius 2 is 1.85 bits per heavy atom. The summed E-state index contributed by atoms with van der Waals surface area (Å²) < 4.78 is 22.4. The van der Waals surface area contributed by atoms with Crippen molar-refractivity contribution in [1.29, 1.82) is 5.26 Å². The SMILES string of the molecule is C=C(/C=C\C(=C/C)C(O)NCCCC(O)(P(=O)(O)O)P(=O)(O)O)SC#N. The number of nitriles is 1. The molecule has 13 heteroatoms. The molecule has 0 aromatic heterocycles. The van der Waals surface area contributed by atoms with Crippen molar-refractivity contribution >= 4 is 27.0 Å². The van der Waals surface area contributed by atoms with Crippen molar-refractivity contribution in [1.82, 2.24) is 5.32 Å². The molecule has 1 unspecified atom stereocenters. The van der Waals surface area contributed by atoms with Crippen LogP contribution in [-0.2, 0) is 9.13 Å². The minimum absolute atomic E-state index is 0.0947. The van der Waals surface area contributed by atoms with Crippen molar-refractivity contribution < 1.29 is 38.9 Å². The summed E-state index contributed by atoms with van der Waals surface area (Å²) in [6.45, 7) is 5.16. The molecule has 0 radical (unpaired) electrons. The lowest BCUT2D eigenvalue weighted by molar-refractivity contribution is 0.118. The normalized spacial score (nSPS) is 15.1. The first-order valence-corrected chi connectivity index (χ1v) is 11.2. The van der Waals surface area contributed by atoms with E-state index < -0.39 is 32.9 Å².